The SMILES string of the molecule is Fc1c(F)c(F)c(N(c2ccc3ccccc3c2)c2ccc(-c3ccc4c5c(cccc35)Oc3cc(N(c5ccccc5)c5ccc6ccccc6c5)ccc3-4)cn2)c(F)c1F. The summed E-state index contributed by atoms with van der Waals surface area (Å²) in [6.07, 6.45) is 1.52. The van der Waals surface area contributed by atoms with Crippen LogP contribution in [0.15, 0.2) is 182 Å². The maximum absolute atomic E-state index is 15.5. The predicted octanol–water partition coefficient (Wildman–Crippen LogP) is 15.6. The number of benzene rings is 9. The van der Waals surface area contributed by atoms with Gasteiger partial charge in [-0.15, -0.1) is 0 Å². The second-order valence-electron chi connectivity index (χ2n) is 15.0. The van der Waals surface area contributed by atoms with Crippen LogP contribution in [0.25, 0.3) is 54.6 Å². The average molecular weight is 820 g/mol. The Balaban J connectivity index is 0.991. The molecule has 298 valence electrons. The van der Waals surface area contributed by atoms with Crippen LogP contribution in [-0.4, -0.2) is 4.98 Å². The Kier molecular flexibility index (Phi) is 8.71. The fraction of sp³-hybridized carbons (Fsp3) is 0. The first-order chi connectivity index (χ1) is 30.3. The van der Waals surface area contributed by atoms with Crippen LogP contribution in [0.1, 0.15) is 0 Å². The number of halogens is 5. The van der Waals surface area contributed by atoms with Crippen molar-refractivity contribution in [3.63, 3.8) is 0 Å². The van der Waals surface area contributed by atoms with E-state index in [4.69, 9.17) is 4.74 Å². The zero-order chi connectivity index (χ0) is 42.1. The van der Waals surface area contributed by atoms with E-state index >= 15 is 8.78 Å². The molecule has 0 spiro atoms. The number of fused-ring (bicyclic) bond motifs is 4. The summed E-state index contributed by atoms with van der Waals surface area (Å²) in [5, 5.41) is 5.56. The third-order valence-corrected chi connectivity index (χ3v) is 11.4. The van der Waals surface area contributed by atoms with Crippen LogP contribution >= 0.6 is 0 Å². The summed E-state index contributed by atoms with van der Waals surface area (Å²) in [6.45, 7) is 0. The minimum absolute atomic E-state index is 0.0590. The zero-order valence-electron chi connectivity index (χ0n) is 32.5. The molecule has 4 nitrogen and oxygen atoms in total. The van der Waals surface area contributed by atoms with E-state index in [1.165, 1.54) is 12.3 Å². The van der Waals surface area contributed by atoms with Crippen molar-refractivity contribution < 1.29 is 26.7 Å². The van der Waals surface area contributed by atoms with Crippen molar-refractivity contribution in [3.8, 4) is 33.8 Å². The Morgan fingerprint density at radius 3 is 1.61 bits per heavy atom. The van der Waals surface area contributed by atoms with E-state index in [1.54, 1.807) is 36.4 Å². The Morgan fingerprint density at radius 1 is 0.387 bits per heavy atom. The first-order valence-corrected chi connectivity index (χ1v) is 19.8. The van der Waals surface area contributed by atoms with Gasteiger partial charge in [-0.2, -0.15) is 0 Å². The molecule has 62 heavy (non-hydrogen) atoms. The van der Waals surface area contributed by atoms with Crippen LogP contribution in [-0.2, 0) is 0 Å². The van der Waals surface area contributed by atoms with Gasteiger partial charge in [-0.3, -0.25) is 4.90 Å². The fourth-order valence-electron chi connectivity index (χ4n) is 8.51. The number of rotatable bonds is 7. The smallest absolute Gasteiger partial charge is 0.200 e. The zero-order valence-corrected chi connectivity index (χ0v) is 32.5. The Hall–Kier alpha value is -8.04. The molecule has 11 rings (SSSR count). The van der Waals surface area contributed by atoms with Gasteiger partial charge in [0.05, 0.1) is 0 Å². The summed E-state index contributed by atoms with van der Waals surface area (Å²) >= 11 is 0. The topological polar surface area (TPSA) is 28.6 Å². The highest BCUT2D eigenvalue weighted by atomic mass is 19.2. The van der Waals surface area contributed by atoms with Crippen molar-refractivity contribution in [1.29, 1.82) is 0 Å². The first kappa shape index (κ1) is 37.0. The molecule has 0 bridgehead atoms. The Labute approximate surface area is 351 Å². The molecule has 0 N–H and O–H groups in total. The summed E-state index contributed by atoms with van der Waals surface area (Å²) in [4.78, 5) is 7.74. The molecule has 0 atom stereocenters. The minimum atomic E-state index is -2.24. The summed E-state index contributed by atoms with van der Waals surface area (Å²) in [5.74, 6) is -8.99. The molecule has 9 heteroatoms. The lowest BCUT2D eigenvalue weighted by Gasteiger charge is -2.28. The molecular weight excluding hydrogens is 790 g/mol. The maximum atomic E-state index is 15.5. The van der Waals surface area contributed by atoms with E-state index in [1.807, 2.05) is 72.8 Å². The Bertz CT molecular complexity index is 3380. The predicted molar refractivity (Wildman–Crippen MR) is 237 cm³/mol. The molecule has 0 unspecified atom stereocenters. The lowest BCUT2D eigenvalue weighted by atomic mass is 9.90. The average Bonchev–Trinajstić information content (AvgIpc) is 3.32. The molecular formula is C53H30F5N3O. The molecule has 0 aliphatic carbocycles. The molecule has 1 aromatic heterocycles. The standard InChI is InChI=1S/C53H30F5N3O/c54-48-49(55)51(57)53(52(58)50(48)56)61(38-21-18-32-10-5-7-12-34(32)28-38)46-26-19-35(30-59-46)40-24-25-43-41-23-22-39(29-45(41)62-44-16-8-15-42(40)47(43)44)60(36-13-2-1-3-14-36)37-20-17-31-9-4-6-11-33(31)27-37/h1-30H. The van der Waals surface area contributed by atoms with E-state index in [-0.39, 0.29) is 11.5 Å². The van der Waals surface area contributed by atoms with E-state index in [0.717, 1.165) is 65.6 Å². The van der Waals surface area contributed by atoms with Gasteiger partial charge in [0.15, 0.2) is 23.3 Å². The second-order valence-corrected chi connectivity index (χ2v) is 15.0. The largest absolute Gasteiger partial charge is 0.456 e. The molecule has 0 radical (unpaired) electrons. The van der Waals surface area contributed by atoms with Crippen LogP contribution in [0, 0.1) is 29.1 Å². The highest BCUT2D eigenvalue weighted by molar-refractivity contribution is 6.10. The second kappa shape index (κ2) is 14.6. The molecule has 0 saturated heterocycles. The highest BCUT2D eigenvalue weighted by Gasteiger charge is 2.32. The molecule has 10 aromatic rings. The van der Waals surface area contributed by atoms with Gasteiger partial charge in [0, 0.05) is 51.5 Å². The number of anilines is 6. The third-order valence-electron chi connectivity index (χ3n) is 11.4. The molecule has 0 fully saturated rings. The van der Waals surface area contributed by atoms with Crippen molar-refractivity contribution in [3.05, 3.63) is 211 Å². The number of ether oxygens (including phenoxy) is 1. The Morgan fingerprint density at radius 2 is 0.952 bits per heavy atom. The van der Waals surface area contributed by atoms with Gasteiger partial charge in [0.25, 0.3) is 0 Å². The highest BCUT2D eigenvalue weighted by Crippen LogP contribution is 2.51. The monoisotopic (exact) mass is 819 g/mol. The molecule has 1 aliphatic rings. The van der Waals surface area contributed by atoms with E-state index in [0.29, 0.717) is 22.4 Å². The van der Waals surface area contributed by atoms with Crippen LogP contribution in [0.5, 0.6) is 11.5 Å². The molecule has 0 amide bonds. The van der Waals surface area contributed by atoms with Crippen LogP contribution in [0.2, 0.25) is 0 Å². The van der Waals surface area contributed by atoms with Crippen LogP contribution in [0.3, 0.4) is 0 Å². The van der Waals surface area contributed by atoms with Gasteiger partial charge in [-0.05, 0) is 105 Å². The summed E-state index contributed by atoms with van der Waals surface area (Å²) in [7, 11) is 0. The summed E-state index contributed by atoms with van der Waals surface area (Å²) in [5.41, 5.74) is 5.28. The van der Waals surface area contributed by atoms with Crippen molar-refractivity contribution in [2.45, 2.75) is 0 Å². The first-order valence-electron chi connectivity index (χ1n) is 19.8. The molecule has 9 aromatic carbocycles. The quantitative estimate of drug-likeness (QED) is 0.0910. The fourth-order valence-corrected chi connectivity index (χ4v) is 8.51. The number of para-hydroxylation sites is 1. The van der Waals surface area contributed by atoms with Gasteiger partial charge in [-0.1, -0.05) is 103 Å². The van der Waals surface area contributed by atoms with Crippen molar-refractivity contribution >= 4 is 66.6 Å². The van der Waals surface area contributed by atoms with Gasteiger partial charge in [0.1, 0.15) is 23.0 Å². The molecule has 0 saturated carbocycles. The van der Waals surface area contributed by atoms with Gasteiger partial charge in [0.2, 0.25) is 5.82 Å². The van der Waals surface area contributed by atoms with Gasteiger partial charge >= 0.3 is 0 Å². The lowest BCUT2D eigenvalue weighted by molar-refractivity contribution is 0.380. The number of aromatic nitrogens is 1. The summed E-state index contributed by atoms with van der Waals surface area (Å²) in [6, 6.07) is 56.3. The van der Waals surface area contributed by atoms with E-state index in [9.17, 15) is 13.2 Å². The van der Waals surface area contributed by atoms with Crippen molar-refractivity contribution in [1.82, 2.24) is 4.98 Å². The number of pyridine rings is 1. The number of nitrogens with zero attached hydrogens (tertiary/aromatic N) is 3. The summed E-state index contributed by atoms with van der Waals surface area (Å²) < 4.78 is 81.4. The number of hydrogen-bond acceptors (Lipinski definition) is 4. The van der Waals surface area contributed by atoms with Crippen LogP contribution < -0.4 is 14.5 Å². The van der Waals surface area contributed by atoms with Gasteiger partial charge in [-0.25, -0.2) is 26.9 Å². The van der Waals surface area contributed by atoms with E-state index in [2.05, 4.69) is 70.5 Å². The molecule has 1 aliphatic heterocycles. The maximum Gasteiger partial charge on any atom is 0.200 e. The van der Waals surface area contributed by atoms with Crippen molar-refractivity contribution in [2.24, 2.45) is 0 Å². The third kappa shape index (κ3) is 6.00. The van der Waals surface area contributed by atoms with Crippen molar-refractivity contribution in [2.75, 3.05) is 9.80 Å². The minimum Gasteiger partial charge on any atom is -0.456 e. The van der Waals surface area contributed by atoms with Crippen LogP contribution in [0.4, 0.5) is 56.2 Å². The molecule has 2 heterocycles. The van der Waals surface area contributed by atoms with E-state index < -0.39 is 34.8 Å². The van der Waals surface area contributed by atoms with Gasteiger partial charge < -0.3 is 9.64 Å². The normalized spacial score (nSPS) is 11.8. The number of hydrogen-bond donors (Lipinski definition) is 0. The lowest BCUT2D eigenvalue weighted by Crippen LogP contribution is -2.18.